The molecule has 0 unspecified atom stereocenters. The highest BCUT2D eigenvalue weighted by Crippen LogP contribution is 2.21. The number of imidazole rings is 1. The lowest BCUT2D eigenvalue weighted by molar-refractivity contribution is 0.0952. The first kappa shape index (κ1) is 17.8. The third-order valence-electron chi connectivity index (χ3n) is 4.46. The Hall–Kier alpha value is -3.55. The molecule has 142 valence electrons. The van der Waals surface area contributed by atoms with Gasteiger partial charge in [0, 0.05) is 36.9 Å². The molecule has 4 heterocycles. The number of amides is 1. The summed E-state index contributed by atoms with van der Waals surface area (Å²) in [5, 5.41) is 8.11. The zero-order valence-corrected chi connectivity index (χ0v) is 16.0. The lowest BCUT2D eigenvalue weighted by Gasteiger charge is -2.10. The topological polar surface area (TPSA) is 90.5 Å². The van der Waals surface area contributed by atoms with E-state index in [2.05, 4.69) is 25.4 Å². The Morgan fingerprint density at radius 1 is 1.25 bits per heavy atom. The summed E-state index contributed by atoms with van der Waals surface area (Å²) >= 11 is 0. The highest BCUT2D eigenvalue weighted by molar-refractivity contribution is 6.05. The third kappa shape index (κ3) is 3.36. The van der Waals surface area contributed by atoms with Crippen LogP contribution in [0.25, 0.3) is 16.9 Å². The van der Waals surface area contributed by atoms with E-state index < -0.39 is 0 Å². The molecular formula is C20H21N7O. The van der Waals surface area contributed by atoms with Crippen LogP contribution in [0.1, 0.15) is 41.5 Å². The van der Waals surface area contributed by atoms with Crippen LogP contribution in [0, 0.1) is 6.92 Å². The molecule has 0 radical (unpaired) electrons. The first-order chi connectivity index (χ1) is 13.5. The number of rotatable bonds is 5. The number of fused-ring (bicyclic) bond motifs is 1. The van der Waals surface area contributed by atoms with Gasteiger partial charge in [0.1, 0.15) is 12.1 Å². The lowest BCUT2D eigenvalue weighted by Crippen LogP contribution is -2.23. The van der Waals surface area contributed by atoms with Gasteiger partial charge in [-0.05, 0) is 38.5 Å². The molecule has 0 saturated carbocycles. The number of aromatic nitrogens is 6. The van der Waals surface area contributed by atoms with E-state index in [1.807, 2.05) is 48.3 Å². The van der Waals surface area contributed by atoms with Crippen LogP contribution in [-0.2, 0) is 6.54 Å². The Bertz CT molecular complexity index is 1110. The molecule has 28 heavy (non-hydrogen) atoms. The molecule has 0 spiro atoms. The maximum absolute atomic E-state index is 12.8. The molecule has 1 N–H and O–H groups in total. The molecule has 8 nitrogen and oxygen atoms in total. The van der Waals surface area contributed by atoms with Gasteiger partial charge in [-0.2, -0.15) is 5.10 Å². The predicted molar refractivity (Wildman–Crippen MR) is 105 cm³/mol. The fourth-order valence-electron chi connectivity index (χ4n) is 3.06. The highest BCUT2D eigenvalue weighted by Gasteiger charge is 2.16. The number of pyridine rings is 2. The van der Waals surface area contributed by atoms with Gasteiger partial charge in [-0.25, -0.2) is 19.6 Å². The van der Waals surface area contributed by atoms with Crippen molar-refractivity contribution in [3.63, 3.8) is 0 Å². The fraction of sp³-hybridized carbons (Fsp3) is 0.250. The van der Waals surface area contributed by atoms with Crippen LogP contribution in [0.3, 0.4) is 0 Å². The number of nitrogens with one attached hydrogen (secondary N) is 1. The summed E-state index contributed by atoms with van der Waals surface area (Å²) in [6.45, 7) is 6.34. The van der Waals surface area contributed by atoms with Crippen molar-refractivity contribution in [2.24, 2.45) is 0 Å². The van der Waals surface area contributed by atoms with Gasteiger partial charge >= 0.3 is 0 Å². The summed E-state index contributed by atoms with van der Waals surface area (Å²) in [5.41, 5.74) is 3.01. The largest absolute Gasteiger partial charge is 0.348 e. The van der Waals surface area contributed by atoms with Crippen LogP contribution in [0.4, 0.5) is 0 Å². The Morgan fingerprint density at radius 3 is 2.79 bits per heavy atom. The maximum atomic E-state index is 12.8. The number of carbonyl (C=O) groups excluding carboxylic acids is 1. The van der Waals surface area contributed by atoms with Crippen molar-refractivity contribution in [2.45, 2.75) is 33.4 Å². The number of hydrogen-bond acceptors (Lipinski definition) is 5. The monoisotopic (exact) mass is 375 g/mol. The quantitative estimate of drug-likeness (QED) is 0.579. The van der Waals surface area contributed by atoms with Crippen molar-refractivity contribution < 1.29 is 4.79 Å². The van der Waals surface area contributed by atoms with E-state index in [0.717, 1.165) is 28.1 Å². The summed E-state index contributed by atoms with van der Waals surface area (Å²) in [4.78, 5) is 25.8. The minimum atomic E-state index is -0.155. The summed E-state index contributed by atoms with van der Waals surface area (Å²) in [5.74, 6) is 0.623. The molecule has 1 amide bonds. The molecule has 0 bridgehead atoms. The zero-order chi connectivity index (χ0) is 19.7. The van der Waals surface area contributed by atoms with E-state index >= 15 is 0 Å². The predicted octanol–water partition coefficient (Wildman–Crippen LogP) is 2.83. The maximum Gasteiger partial charge on any atom is 0.252 e. The molecule has 0 fully saturated rings. The second-order valence-corrected chi connectivity index (χ2v) is 6.91. The molecule has 0 atom stereocenters. The van der Waals surface area contributed by atoms with E-state index in [1.165, 1.54) is 0 Å². The molecule has 4 aromatic heterocycles. The zero-order valence-electron chi connectivity index (χ0n) is 16.0. The minimum absolute atomic E-state index is 0.155. The number of hydrogen-bond donors (Lipinski definition) is 1. The van der Waals surface area contributed by atoms with Crippen LogP contribution < -0.4 is 5.32 Å². The Morgan fingerprint density at radius 2 is 2.11 bits per heavy atom. The van der Waals surface area contributed by atoms with Crippen LogP contribution in [-0.4, -0.2) is 35.2 Å². The van der Waals surface area contributed by atoms with Crippen molar-refractivity contribution in [3.05, 3.63) is 66.1 Å². The van der Waals surface area contributed by atoms with Gasteiger partial charge < -0.3 is 5.32 Å². The van der Waals surface area contributed by atoms with Gasteiger partial charge in [0.15, 0.2) is 5.65 Å². The smallest absolute Gasteiger partial charge is 0.252 e. The molecule has 0 aliphatic heterocycles. The van der Waals surface area contributed by atoms with E-state index in [-0.39, 0.29) is 11.9 Å². The number of aryl methyl sites for hydroxylation is 1. The molecule has 0 aliphatic carbocycles. The lowest BCUT2D eigenvalue weighted by atomic mass is 10.1. The fourth-order valence-corrected chi connectivity index (χ4v) is 3.06. The number of nitrogens with zero attached hydrogens (tertiary/aromatic N) is 6. The van der Waals surface area contributed by atoms with Gasteiger partial charge in [0.05, 0.1) is 17.1 Å². The second kappa shape index (κ2) is 7.22. The first-order valence-corrected chi connectivity index (χ1v) is 9.09. The summed E-state index contributed by atoms with van der Waals surface area (Å²) in [6.07, 6.45) is 8.68. The molecule has 0 saturated heterocycles. The molecule has 4 rings (SSSR count). The third-order valence-corrected chi connectivity index (χ3v) is 4.46. The van der Waals surface area contributed by atoms with Crippen LogP contribution in [0.15, 0.2) is 49.3 Å². The normalized spacial score (nSPS) is 11.3. The van der Waals surface area contributed by atoms with Gasteiger partial charge in [-0.1, -0.05) is 6.07 Å². The standard InChI is InChI=1S/C20H21N7O/c1-13(2)27-19-17(11-24-27)16(8-14(3)25-19)20(28)23-10-15-4-5-18(22-9-15)26-7-6-21-12-26/h4-9,11-13H,10H2,1-3H3,(H,23,28). The van der Waals surface area contributed by atoms with Gasteiger partial charge in [0.2, 0.25) is 0 Å². The second-order valence-electron chi connectivity index (χ2n) is 6.91. The average Bonchev–Trinajstić information content (AvgIpc) is 3.35. The van der Waals surface area contributed by atoms with Crippen LogP contribution in [0.5, 0.6) is 0 Å². The average molecular weight is 375 g/mol. The Labute approximate surface area is 162 Å². The Balaban J connectivity index is 1.52. The first-order valence-electron chi connectivity index (χ1n) is 9.09. The van der Waals surface area contributed by atoms with Crippen molar-refractivity contribution in [1.29, 1.82) is 0 Å². The molecule has 8 heteroatoms. The SMILES string of the molecule is Cc1cc(C(=O)NCc2ccc(-n3ccnc3)nc2)c2cnn(C(C)C)c2n1. The summed E-state index contributed by atoms with van der Waals surface area (Å²) in [7, 11) is 0. The van der Waals surface area contributed by atoms with Crippen LogP contribution >= 0.6 is 0 Å². The Kier molecular flexibility index (Phi) is 4.60. The van der Waals surface area contributed by atoms with E-state index in [4.69, 9.17) is 0 Å². The molecule has 0 aliphatic rings. The van der Waals surface area contributed by atoms with Crippen molar-refractivity contribution in [2.75, 3.05) is 0 Å². The molecule has 0 aromatic carbocycles. The minimum Gasteiger partial charge on any atom is -0.348 e. The molecular weight excluding hydrogens is 354 g/mol. The summed E-state index contributed by atoms with van der Waals surface area (Å²) in [6, 6.07) is 5.80. The van der Waals surface area contributed by atoms with Gasteiger partial charge in [-0.3, -0.25) is 9.36 Å². The number of carbonyl (C=O) groups is 1. The van der Waals surface area contributed by atoms with Crippen molar-refractivity contribution in [1.82, 2.24) is 34.6 Å². The highest BCUT2D eigenvalue weighted by atomic mass is 16.1. The van der Waals surface area contributed by atoms with Crippen LogP contribution in [0.2, 0.25) is 0 Å². The van der Waals surface area contributed by atoms with Gasteiger partial charge in [0.25, 0.3) is 5.91 Å². The van der Waals surface area contributed by atoms with Gasteiger partial charge in [-0.15, -0.1) is 0 Å². The van der Waals surface area contributed by atoms with E-state index in [9.17, 15) is 4.79 Å². The van der Waals surface area contributed by atoms with Crippen molar-refractivity contribution in [3.8, 4) is 5.82 Å². The van der Waals surface area contributed by atoms with E-state index in [0.29, 0.717) is 12.1 Å². The van der Waals surface area contributed by atoms with Crippen molar-refractivity contribution >= 4 is 16.9 Å². The van der Waals surface area contributed by atoms with E-state index in [1.54, 1.807) is 31.0 Å². The molecule has 4 aromatic rings. The summed E-state index contributed by atoms with van der Waals surface area (Å²) < 4.78 is 3.66.